The predicted molar refractivity (Wildman–Crippen MR) is 106 cm³/mol. The van der Waals surface area contributed by atoms with E-state index in [1.165, 1.54) is 0 Å². The molecule has 3 aromatic rings. The van der Waals surface area contributed by atoms with Crippen LogP contribution >= 0.6 is 24.8 Å². The summed E-state index contributed by atoms with van der Waals surface area (Å²) in [5.74, 6) is 0.455. The van der Waals surface area contributed by atoms with Crippen molar-refractivity contribution in [1.29, 1.82) is 0 Å². The fourth-order valence-electron chi connectivity index (χ4n) is 2.53. The zero-order valence-corrected chi connectivity index (χ0v) is 16.3. The molecule has 3 rings (SSSR count). The summed E-state index contributed by atoms with van der Waals surface area (Å²) in [7, 11) is 0. The van der Waals surface area contributed by atoms with Gasteiger partial charge >= 0.3 is 0 Å². The van der Waals surface area contributed by atoms with Crippen LogP contribution in [0.2, 0.25) is 0 Å². The molecule has 0 aliphatic carbocycles. The van der Waals surface area contributed by atoms with Crippen molar-refractivity contribution < 1.29 is 9.21 Å². The highest BCUT2D eigenvalue weighted by Gasteiger charge is 2.19. The van der Waals surface area contributed by atoms with E-state index in [9.17, 15) is 4.79 Å². The van der Waals surface area contributed by atoms with Gasteiger partial charge in [0.15, 0.2) is 11.4 Å². The molecule has 1 amide bonds. The van der Waals surface area contributed by atoms with Gasteiger partial charge < -0.3 is 15.5 Å². The van der Waals surface area contributed by atoms with Crippen molar-refractivity contribution in [1.82, 2.24) is 20.1 Å². The van der Waals surface area contributed by atoms with Gasteiger partial charge in [0.1, 0.15) is 5.69 Å². The monoisotopic (exact) mass is 399 g/mol. The van der Waals surface area contributed by atoms with Crippen molar-refractivity contribution in [3.05, 3.63) is 36.2 Å². The molecule has 0 saturated carbocycles. The molecule has 142 valence electrons. The third kappa shape index (κ3) is 4.35. The van der Waals surface area contributed by atoms with Crippen LogP contribution in [-0.2, 0) is 0 Å². The lowest BCUT2D eigenvalue weighted by Gasteiger charge is -2.10. The topological polar surface area (TPSA) is 99.0 Å². The van der Waals surface area contributed by atoms with E-state index in [1.807, 2.05) is 19.9 Å². The fraction of sp³-hybridized carbons (Fsp3) is 0.353. The molecule has 3 heterocycles. The molecule has 0 atom stereocenters. The minimum absolute atomic E-state index is 0. The maximum Gasteiger partial charge on any atom is 0.252 e. The van der Waals surface area contributed by atoms with Crippen LogP contribution in [0.3, 0.4) is 0 Å². The second-order valence-corrected chi connectivity index (χ2v) is 5.85. The number of furan rings is 1. The molecule has 0 radical (unpaired) electrons. The van der Waals surface area contributed by atoms with Crippen molar-refractivity contribution in [3.63, 3.8) is 0 Å². The van der Waals surface area contributed by atoms with Crippen LogP contribution in [0.4, 0.5) is 0 Å². The Morgan fingerprint density at radius 1 is 1.38 bits per heavy atom. The Balaban J connectivity index is 0.00000169. The molecule has 0 fully saturated rings. The van der Waals surface area contributed by atoms with E-state index in [0.717, 1.165) is 11.8 Å². The SMILES string of the molecule is CC(C)n1ncc2c(C(=O)NCCCN)cc(-c3ccco3)nc21.Cl.Cl. The highest BCUT2D eigenvalue weighted by atomic mass is 35.5. The first kappa shape index (κ1) is 22.0. The van der Waals surface area contributed by atoms with E-state index >= 15 is 0 Å². The number of pyridine rings is 1. The summed E-state index contributed by atoms with van der Waals surface area (Å²) in [5.41, 5.74) is 7.30. The largest absolute Gasteiger partial charge is 0.463 e. The van der Waals surface area contributed by atoms with Gasteiger partial charge in [-0.25, -0.2) is 9.67 Å². The number of hydrogen-bond donors (Lipinski definition) is 2. The quantitative estimate of drug-likeness (QED) is 0.619. The van der Waals surface area contributed by atoms with Crippen molar-refractivity contribution in [2.75, 3.05) is 13.1 Å². The smallest absolute Gasteiger partial charge is 0.252 e. The lowest BCUT2D eigenvalue weighted by Crippen LogP contribution is -2.26. The average molecular weight is 400 g/mol. The summed E-state index contributed by atoms with van der Waals surface area (Å²) in [4.78, 5) is 17.2. The lowest BCUT2D eigenvalue weighted by molar-refractivity contribution is 0.0955. The minimum Gasteiger partial charge on any atom is -0.463 e. The van der Waals surface area contributed by atoms with Gasteiger partial charge in [-0.3, -0.25) is 4.79 Å². The Bertz CT molecular complexity index is 846. The number of carbonyl (C=O) groups excluding carboxylic acids is 1. The molecule has 26 heavy (non-hydrogen) atoms. The second kappa shape index (κ2) is 9.56. The summed E-state index contributed by atoms with van der Waals surface area (Å²) in [6, 6.07) is 5.49. The van der Waals surface area contributed by atoms with Gasteiger partial charge in [-0.2, -0.15) is 5.10 Å². The molecule has 9 heteroatoms. The molecule has 7 nitrogen and oxygen atoms in total. The predicted octanol–water partition coefficient (Wildman–Crippen LogP) is 3.19. The van der Waals surface area contributed by atoms with E-state index in [-0.39, 0.29) is 36.8 Å². The summed E-state index contributed by atoms with van der Waals surface area (Å²) in [5, 5.41) is 8.00. The van der Waals surface area contributed by atoms with Gasteiger partial charge in [-0.1, -0.05) is 0 Å². The molecule has 3 N–H and O–H groups in total. The fourth-order valence-corrected chi connectivity index (χ4v) is 2.53. The third-order valence-electron chi connectivity index (χ3n) is 3.74. The number of nitrogens with two attached hydrogens (primary N) is 1. The zero-order valence-electron chi connectivity index (χ0n) is 14.6. The highest BCUT2D eigenvalue weighted by Crippen LogP contribution is 2.26. The standard InChI is InChI=1S/C17H21N5O2.2ClH/c1-11(2)22-16-13(10-20-22)12(17(23)19-7-4-6-18)9-14(21-16)15-5-3-8-24-15;;/h3,5,8-11H,4,6-7,18H2,1-2H3,(H,19,23);2*1H. The molecule has 0 bridgehead atoms. The molecule has 0 aliphatic heterocycles. The number of fused-ring (bicyclic) bond motifs is 1. The van der Waals surface area contributed by atoms with E-state index in [1.54, 1.807) is 29.3 Å². The van der Waals surface area contributed by atoms with Crippen molar-refractivity contribution in [2.24, 2.45) is 5.73 Å². The van der Waals surface area contributed by atoms with Gasteiger partial charge in [0.25, 0.3) is 5.91 Å². The zero-order chi connectivity index (χ0) is 17.1. The van der Waals surface area contributed by atoms with E-state index in [0.29, 0.717) is 35.8 Å². The number of carbonyl (C=O) groups is 1. The Morgan fingerprint density at radius 3 is 2.77 bits per heavy atom. The molecule has 3 aromatic heterocycles. The number of aromatic nitrogens is 3. The summed E-state index contributed by atoms with van der Waals surface area (Å²) >= 11 is 0. The third-order valence-corrected chi connectivity index (χ3v) is 3.74. The van der Waals surface area contributed by atoms with Crippen LogP contribution < -0.4 is 11.1 Å². The first-order chi connectivity index (χ1) is 11.6. The van der Waals surface area contributed by atoms with Crippen molar-refractivity contribution >= 4 is 41.8 Å². The van der Waals surface area contributed by atoms with Crippen molar-refractivity contribution in [3.8, 4) is 11.5 Å². The maximum atomic E-state index is 12.6. The number of rotatable bonds is 6. The Kier molecular flexibility index (Phi) is 8.08. The first-order valence-corrected chi connectivity index (χ1v) is 8.02. The molecule has 0 saturated heterocycles. The molecular weight excluding hydrogens is 377 g/mol. The Morgan fingerprint density at radius 2 is 2.15 bits per heavy atom. The van der Waals surface area contributed by atoms with Gasteiger partial charge in [0, 0.05) is 12.6 Å². The second-order valence-electron chi connectivity index (χ2n) is 5.85. The van der Waals surface area contributed by atoms with E-state index in [2.05, 4.69) is 15.4 Å². The number of hydrogen-bond acceptors (Lipinski definition) is 5. The number of halogens is 2. The summed E-state index contributed by atoms with van der Waals surface area (Å²) in [6.45, 7) is 5.12. The summed E-state index contributed by atoms with van der Waals surface area (Å²) < 4.78 is 7.24. The first-order valence-electron chi connectivity index (χ1n) is 8.02. The van der Waals surface area contributed by atoms with Crippen LogP contribution in [0.25, 0.3) is 22.5 Å². The highest BCUT2D eigenvalue weighted by molar-refractivity contribution is 6.06. The molecule has 0 unspecified atom stereocenters. The normalized spacial score (nSPS) is 10.5. The molecular formula is C17H23Cl2N5O2. The molecule has 0 aliphatic rings. The van der Waals surface area contributed by atoms with Gasteiger partial charge in [0.05, 0.1) is 23.4 Å². The van der Waals surface area contributed by atoms with Gasteiger partial charge in [-0.15, -0.1) is 24.8 Å². The van der Waals surface area contributed by atoms with Crippen molar-refractivity contribution in [2.45, 2.75) is 26.3 Å². The van der Waals surface area contributed by atoms with Crippen LogP contribution in [0.1, 0.15) is 36.7 Å². The van der Waals surface area contributed by atoms with E-state index < -0.39 is 0 Å². The van der Waals surface area contributed by atoms with Crippen LogP contribution in [0.15, 0.2) is 35.1 Å². The number of amides is 1. The number of nitrogens with zero attached hydrogens (tertiary/aromatic N) is 3. The summed E-state index contributed by atoms with van der Waals surface area (Å²) in [6.07, 6.45) is 4.00. The molecule has 0 aromatic carbocycles. The van der Waals surface area contributed by atoms with Gasteiger partial charge in [-0.05, 0) is 45.0 Å². The lowest BCUT2D eigenvalue weighted by atomic mass is 10.1. The molecule has 0 spiro atoms. The van der Waals surface area contributed by atoms with E-state index in [4.69, 9.17) is 10.2 Å². The van der Waals surface area contributed by atoms with Crippen LogP contribution in [0, 0.1) is 0 Å². The number of nitrogens with one attached hydrogen (secondary N) is 1. The maximum absolute atomic E-state index is 12.6. The van der Waals surface area contributed by atoms with Gasteiger partial charge in [0.2, 0.25) is 0 Å². The minimum atomic E-state index is -0.160. The average Bonchev–Trinajstić information content (AvgIpc) is 3.23. The Hall–Kier alpha value is -2.09. The Labute approximate surface area is 164 Å². The van der Waals surface area contributed by atoms with Crippen LogP contribution in [0.5, 0.6) is 0 Å². The van der Waals surface area contributed by atoms with Crippen LogP contribution in [-0.4, -0.2) is 33.8 Å².